The minimum Gasteiger partial charge on any atom is -0.481 e. The third-order valence-corrected chi connectivity index (χ3v) is 13.9. The molecule has 3 rings (SSSR count). The van der Waals surface area contributed by atoms with Crippen molar-refractivity contribution >= 4 is 98.3 Å². The van der Waals surface area contributed by atoms with Gasteiger partial charge in [0.05, 0.1) is 18.7 Å². The molecule has 1 aromatic rings. The van der Waals surface area contributed by atoms with Gasteiger partial charge in [0.25, 0.3) is 0 Å². The lowest BCUT2D eigenvalue weighted by molar-refractivity contribution is -0.141. The van der Waals surface area contributed by atoms with Gasteiger partial charge in [0, 0.05) is 36.4 Å². The minimum atomic E-state index is -1.75. The maximum Gasteiger partial charge on any atom is 0.305 e. The van der Waals surface area contributed by atoms with Gasteiger partial charge in [-0.2, -0.15) is 0 Å². The standard InChI is InChI=1S/C43H66N12O11S3/c1-5-31(56)41-55-38(64)27(18-24-12-7-6-8-13-24)52-40(66)30-22-69-68-21-29(53-36(62)26(49-33(58)23-67-41)14-9-10-17-48-43(2,3)4)39(65)51-25(15-11-16-46-42(44)45)35(61)47-20-32(57)50-28(19-34(59)60)37(63)54-30/h6-8,12-13,25-30,41,48H,5,9-11,14-23H2,1-4H3,(H,47,61)(H,49,58)(H,50,57)(H,51,65)(H,52,66)(H,53,62)(H,54,63)(H,55,64)(H,59,60)(H4,44,45,46). The molecule has 8 amide bonds. The minimum absolute atomic E-state index is 0.0395. The average Bonchev–Trinajstić information content (AvgIpc) is 3.28. The fourth-order valence-corrected chi connectivity index (χ4v) is 9.95. The molecule has 69 heavy (non-hydrogen) atoms. The van der Waals surface area contributed by atoms with Crippen molar-refractivity contribution in [3.8, 4) is 0 Å². The molecule has 0 radical (unpaired) electrons. The summed E-state index contributed by atoms with van der Waals surface area (Å²) in [6, 6.07) is 0.0846. The number of carbonyl (C=O) groups excluding carboxylic acids is 9. The SMILES string of the molecule is CCC(=O)C1NC(=O)C(Cc2ccccc2)NC(=O)C2CSSCC(NC(=O)C(CCCCNC(C)(C)C)NC(=O)CS1)C(=O)NC(CCCN=C(N)N)C(=O)NCC(=O)NC(CC(=O)O)C(=O)N2. The number of aliphatic imine (C=N–C) groups is 1. The lowest BCUT2D eigenvalue weighted by atomic mass is 10.0. The molecule has 7 atom stereocenters. The Balaban J connectivity index is 2.16. The van der Waals surface area contributed by atoms with E-state index in [0.29, 0.717) is 24.9 Å². The normalized spacial score (nSPS) is 24.3. The summed E-state index contributed by atoms with van der Waals surface area (Å²) in [4.78, 5) is 140. The number of guanidine groups is 1. The Kier molecular flexibility index (Phi) is 24.6. The summed E-state index contributed by atoms with van der Waals surface area (Å²) in [5.41, 5.74) is 11.4. The second-order valence-electron chi connectivity index (χ2n) is 17.2. The van der Waals surface area contributed by atoms with Crippen LogP contribution in [0.3, 0.4) is 0 Å². The van der Waals surface area contributed by atoms with Crippen LogP contribution < -0.4 is 59.3 Å². The number of thioether (sulfide) groups is 1. The Bertz CT molecular complexity index is 2010. The molecule has 2 heterocycles. The molecule has 2 aliphatic rings. The maximum absolute atomic E-state index is 14.3. The number of nitrogens with two attached hydrogens (primary N) is 2. The van der Waals surface area contributed by atoms with E-state index < -0.39 is 119 Å². The number of hydrogen-bond acceptors (Lipinski definition) is 15. The van der Waals surface area contributed by atoms with Crippen LogP contribution in [0.1, 0.15) is 78.2 Å². The van der Waals surface area contributed by atoms with E-state index in [1.54, 1.807) is 37.3 Å². The molecule has 7 unspecified atom stereocenters. The van der Waals surface area contributed by atoms with Crippen LogP contribution in [-0.2, 0) is 54.4 Å². The monoisotopic (exact) mass is 1020 g/mol. The van der Waals surface area contributed by atoms with E-state index in [9.17, 15) is 53.1 Å². The number of fused-ring (bicyclic) bond motifs is 5. The molecule has 382 valence electrons. The molecular weight excluding hydrogens is 957 g/mol. The van der Waals surface area contributed by atoms with Crippen LogP contribution in [0.2, 0.25) is 0 Å². The number of aliphatic carboxylic acids is 1. The van der Waals surface area contributed by atoms with Crippen molar-refractivity contribution in [2.24, 2.45) is 16.5 Å². The highest BCUT2D eigenvalue weighted by molar-refractivity contribution is 8.76. The second-order valence-corrected chi connectivity index (χ2v) is 20.8. The van der Waals surface area contributed by atoms with E-state index in [2.05, 4.69) is 52.8 Å². The van der Waals surface area contributed by atoms with Gasteiger partial charge in [0.15, 0.2) is 11.7 Å². The molecule has 0 saturated carbocycles. The first-order chi connectivity index (χ1) is 32.6. The largest absolute Gasteiger partial charge is 0.481 e. The number of Topliss-reactive ketones (excluding diaryl/α,β-unsaturated/α-hetero) is 1. The van der Waals surface area contributed by atoms with E-state index in [4.69, 9.17) is 11.5 Å². The molecule has 0 spiro atoms. The highest BCUT2D eigenvalue weighted by atomic mass is 33.1. The summed E-state index contributed by atoms with van der Waals surface area (Å²) in [5, 5.41) is 32.3. The van der Waals surface area contributed by atoms with Gasteiger partial charge in [0.1, 0.15) is 41.6 Å². The molecule has 1 aromatic carbocycles. The first-order valence-electron chi connectivity index (χ1n) is 22.5. The second kappa shape index (κ2) is 29.4. The molecule has 2 saturated heterocycles. The number of carboxylic acids is 1. The van der Waals surface area contributed by atoms with E-state index in [0.717, 1.165) is 33.3 Å². The summed E-state index contributed by atoms with van der Waals surface area (Å²) in [6.45, 7) is 7.46. The van der Waals surface area contributed by atoms with E-state index in [1.807, 2.05) is 20.8 Å². The van der Waals surface area contributed by atoms with Crippen molar-refractivity contribution in [3.05, 3.63) is 35.9 Å². The first kappa shape index (κ1) is 57.7. The number of ketones is 1. The molecule has 26 heteroatoms. The Morgan fingerprint density at radius 2 is 1.28 bits per heavy atom. The molecule has 2 bridgehead atoms. The third kappa shape index (κ3) is 22.1. The van der Waals surface area contributed by atoms with Crippen LogP contribution >= 0.6 is 33.3 Å². The Morgan fingerprint density at radius 3 is 1.87 bits per heavy atom. The highest BCUT2D eigenvalue weighted by Gasteiger charge is 2.35. The smallest absolute Gasteiger partial charge is 0.305 e. The van der Waals surface area contributed by atoms with Gasteiger partial charge in [-0.15, -0.1) is 11.8 Å². The van der Waals surface area contributed by atoms with E-state index in [1.165, 1.54) is 0 Å². The fourth-order valence-electron chi connectivity index (χ4n) is 6.67. The van der Waals surface area contributed by atoms with Crippen LogP contribution in [-0.4, -0.2) is 154 Å². The first-order valence-corrected chi connectivity index (χ1v) is 26.0. The number of unbranched alkanes of at least 4 members (excludes halogenated alkanes) is 1. The lowest BCUT2D eigenvalue weighted by Crippen LogP contribution is -2.59. The van der Waals surface area contributed by atoms with Crippen LogP contribution in [0.4, 0.5) is 0 Å². The van der Waals surface area contributed by atoms with Gasteiger partial charge in [-0.3, -0.25) is 52.9 Å². The maximum atomic E-state index is 14.3. The van der Waals surface area contributed by atoms with Crippen LogP contribution in [0, 0.1) is 0 Å². The van der Waals surface area contributed by atoms with E-state index in [-0.39, 0.29) is 61.7 Å². The summed E-state index contributed by atoms with van der Waals surface area (Å²) < 4.78 is 0. The molecule has 14 N–H and O–H groups in total. The average molecular weight is 1020 g/mol. The number of benzene rings is 1. The molecule has 0 aliphatic carbocycles. The van der Waals surface area contributed by atoms with Crippen molar-refractivity contribution in [1.29, 1.82) is 0 Å². The van der Waals surface area contributed by atoms with Crippen molar-refractivity contribution in [2.75, 3.05) is 36.9 Å². The molecule has 2 aliphatic heterocycles. The van der Waals surface area contributed by atoms with Crippen molar-refractivity contribution < 1.29 is 53.1 Å². The summed E-state index contributed by atoms with van der Waals surface area (Å²) in [5.74, 6) is -9.87. The predicted molar refractivity (Wildman–Crippen MR) is 263 cm³/mol. The van der Waals surface area contributed by atoms with Gasteiger partial charge >= 0.3 is 5.97 Å². The van der Waals surface area contributed by atoms with E-state index >= 15 is 0 Å². The van der Waals surface area contributed by atoms with Gasteiger partial charge < -0.3 is 64.4 Å². The number of amides is 8. The van der Waals surface area contributed by atoms with Gasteiger partial charge in [-0.1, -0.05) is 58.8 Å². The molecule has 0 aromatic heterocycles. The summed E-state index contributed by atoms with van der Waals surface area (Å²) >= 11 is 0.794. The molecule has 2 fully saturated rings. The number of nitrogens with one attached hydrogen (secondary N) is 9. The van der Waals surface area contributed by atoms with Gasteiger partial charge in [-0.25, -0.2) is 0 Å². The van der Waals surface area contributed by atoms with Crippen molar-refractivity contribution in [3.63, 3.8) is 0 Å². The Labute approximate surface area is 413 Å². The van der Waals surface area contributed by atoms with Crippen molar-refractivity contribution in [2.45, 2.75) is 126 Å². The quantitative estimate of drug-likeness (QED) is 0.0388. The molecule has 23 nitrogen and oxygen atoms in total. The van der Waals surface area contributed by atoms with Crippen LogP contribution in [0.25, 0.3) is 0 Å². The summed E-state index contributed by atoms with van der Waals surface area (Å²) in [6.07, 6.45) is 0.265. The molecular formula is C43H66N12O11S3. The Hall–Kier alpha value is -5.60. The Morgan fingerprint density at radius 1 is 0.710 bits per heavy atom. The predicted octanol–water partition coefficient (Wildman–Crippen LogP) is -2.10. The zero-order chi connectivity index (χ0) is 51.1. The number of carbonyl (C=O) groups is 10. The number of hydrogen-bond donors (Lipinski definition) is 12. The zero-order valence-corrected chi connectivity index (χ0v) is 41.6. The summed E-state index contributed by atoms with van der Waals surface area (Å²) in [7, 11) is 1.97. The number of rotatable bonds is 15. The number of nitrogens with zero attached hydrogens (tertiary/aromatic N) is 1. The van der Waals surface area contributed by atoms with Gasteiger partial charge in [0.2, 0.25) is 47.3 Å². The van der Waals surface area contributed by atoms with Crippen molar-refractivity contribution in [1.82, 2.24) is 47.9 Å². The fraction of sp³-hybridized carbons (Fsp3) is 0.605. The van der Waals surface area contributed by atoms with Gasteiger partial charge in [-0.05, 0) is 65.0 Å². The topological polar surface area (TPSA) is 364 Å². The highest BCUT2D eigenvalue weighted by Crippen LogP contribution is 2.24. The lowest BCUT2D eigenvalue weighted by Gasteiger charge is -2.26. The van der Waals surface area contributed by atoms with Crippen LogP contribution in [0.15, 0.2) is 35.3 Å². The van der Waals surface area contributed by atoms with Crippen LogP contribution in [0.5, 0.6) is 0 Å². The zero-order valence-electron chi connectivity index (χ0n) is 39.2. The number of carboxylic acid groups (broad SMARTS) is 1. The third-order valence-electron chi connectivity index (χ3n) is 10.3.